The first-order valence-corrected chi connectivity index (χ1v) is 19.8. The van der Waals surface area contributed by atoms with Crippen LogP contribution in [0.1, 0.15) is 104 Å². The van der Waals surface area contributed by atoms with Gasteiger partial charge in [-0.05, 0) is 84.3 Å². The summed E-state index contributed by atoms with van der Waals surface area (Å²) in [6, 6.07) is 18.6. The number of pyridine rings is 1. The van der Waals surface area contributed by atoms with Crippen LogP contribution >= 0.6 is 0 Å². The molecule has 1 fully saturated rings. The molecule has 8 rings (SSSR count). The minimum absolute atomic E-state index is 0.157. The van der Waals surface area contributed by atoms with Gasteiger partial charge in [0.15, 0.2) is 0 Å². The molecule has 0 aliphatic carbocycles. The molecule has 5 heterocycles. The maximum Gasteiger partial charge on any atom is 0.269 e. The third kappa shape index (κ3) is 7.28. The van der Waals surface area contributed by atoms with Crippen molar-refractivity contribution in [3.8, 4) is 29.0 Å². The highest BCUT2D eigenvalue weighted by molar-refractivity contribution is 6.09. The lowest BCUT2D eigenvalue weighted by atomic mass is 9.92. The Kier molecular flexibility index (Phi) is 10.4. The van der Waals surface area contributed by atoms with E-state index in [4.69, 9.17) is 0 Å². The van der Waals surface area contributed by atoms with Gasteiger partial charge >= 0.3 is 0 Å². The Morgan fingerprint density at radius 1 is 1.02 bits per heavy atom. The predicted molar refractivity (Wildman–Crippen MR) is 222 cm³/mol. The van der Waals surface area contributed by atoms with Crippen LogP contribution in [0.5, 0.6) is 0 Å². The number of carbonyl (C=O) groups excluding carboxylic acids is 5. The number of H-pyrrole nitrogens is 1. The van der Waals surface area contributed by atoms with Crippen molar-refractivity contribution in [3.63, 3.8) is 0 Å². The summed E-state index contributed by atoms with van der Waals surface area (Å²) in [6.07, 6.45) is 5.93. The number of aromatic nitrogens is 2. The van der Waals surface area contributed by atoms with Crippen molar-refractivity contribution in [3.05, 3.63) is 112 Å². The first-order valence-electron chi connectivity index (χ1n) is 19.8. The summed E-state index contributed by atoms with van der Waals surface area (Å²) < 4.78 is 0. The van der Waals surface area contributed by atoms with E-state index in [9.17, 15) is 29.2 Å². The number of carbonyl (C=O) groups is 5. The molecular weight excluding hydrogens is 745 g/mol. The highest BCUT2D eigenvalue weighted by atomic mass is 16.2. The maximum atomic E-state index is 13.1. The monoisotopic (exact) mass is 786 g/mol. The minimum Gasteiger partial charge on any atom is -0.360 e. The number of piperidine rings is 1. The van der Waals surface area contributed by atoms with E-state index in [2.05, 4.69) is 74.7 Å². The number of hydrogen-bond acceptors (Lipinski definition) is 8. The minimum atomic E-state index is -0.702. The average Bonchev–Trinajstić information content (AvgIpc) is 3.83. The molecular formula is C46H42N8O5. The zero-order chi connectivity index (χ0) is 41.4. The number of fused-ring (bicyclic) bond motifs is 3. The standard InChI is InChI=1S/C46H42N8O5/c1-26(2)33-20-31(21-35-36(43(56)48-3)24-51-42(33)35)53-17-7-10-28-18-34(30(22-47)19-40(28)53)29-12-13-38(50-23-29)44(57)49-16-5-4-8-27-9-6-11-32-37(27)25-54(46(32)59)39-14-15-41(55)52-45(39)58/h6,9,11-13,18-21,23-24,26,39,51H,5,7,10,14-17,25H2,1-3H3,(H,48,56)(H,49,57)(H,52,55,58). The van der Waals surface area contributed by atoms with Crippen LogP contribution in [0.4, 0.5) is 11.4 Å². The molecule has 0 spiro atoms. The number of anilines is 2. The highest BCUT2D eigenvalue weighted by Gasteiger charge is 2.39. The first kappa shape index (κ1) is 38.6. The maximum absolute atomic E-state index is 13.1. The molecule has 4 N–H and O–H groups in total. The van der Waals surface area contributed by atoms with Gasteiger partial charge in [0.05, 0.1) is 17.2 Å². The normalized spacial score (nSPS) is 15.9. The van der Waals surface area contributed by atoms with Crippen LogP contribution in [0, 0.1) is 23.2 Å². The topological polar surface area (TPSA) is 180 Å². The Bertz CT molecular complexity index is 2680. The van der Waals surface area contributed by atoms with Gasteiger partial charge in [0, 0.05) is 96.4 Å². The molecule has 3 aliphatic heterocycles. The van der Waals surface area contributed by atoms with E-state index in [1.165, 1.54) is 4.90 Å². The highest BCUT2D eigenvalue weighted by Crippen LogP contribution is 2.41. The summed E-state index contributed by atoms with van der Waals surface area (Å²) >= 11 is 0. The molecule has 3 aliphatic rings. The van der Waals surface area contributed by atoms with Crippen molar-refractivity contribution in [1.29, 1.82) is 5.26 Å². The van der Waals surface area contributed by atoms with Crippen LogP contribution in [0.25, 0.3) is 22.0 Å². The predicted octanol–water partition coefficient (Wildman–Crippen LogP) is 5.60. The van der Waals surface area contributed by atoms with Gasteiger partial charge in [-0.2, -0.15) is 5.26 Å². The number of nitriles is 1. The van der Waals surface area contributed by atoms with Crippen molar-refractivity contribution in [1.82, 2.24) is 30.8 Å². The van der Waals surface area contributed by atoms with Crippen LogP contribution < -0.4 is 20.9 Å². The number of nitrogens with zero attached hydrogens (tertiary/aromatic N) is 4. The van der Waals surface area contributed by atoms with Crippen LogP contribution in [0.15, 0.2) is 67.0 Å². The lowest BCUT2D eigenvalue weighted by molar-refractivity contribution is -0.136. The van der Waals surface area contributed by atoms with Crippen LogP contribution in [-0.2, 0) is 22.6 Å². The van der Waals surface area contributed by atoms with Crippen molar-refractivity contribution in [2.24, 2.45) is 0 Å². The molecule has 0 saturated carbocycles. The number of nitrogens with one attached hydrogen (secondary N) is 4. The van der Waals surface area contributed by atoms with E-state index in [0.717, 1.165) is 69.5 Å². The van der Waals surface area contributed by atoms with Gasteiger partial charge in [-0.3, -0.25) is 34.3 Å². The van der Waals surface area contributed by atoms with Gasteiger partial charge in [-0.1, -0.05) is 37.8 Å². The second-order valence-electron chi connectivity index (χ2n) is 15.3. The SMILES string of the molecule is CNC(=O)c1c[nH]c2c(C(C)C)cc(N3CCCc4cc(-c5ccc(C(=O)NCCC#Cc6cccc7c6CN(C6CCC(=O)NC6=O)C7=O)nc5)c(C#N)cc43)cc12. The summed E-state index contributed by atoms with van der Waals surface area (Å²) in [4.78, 5) is 74.5. The Labute approximate surface area is 341 Å². The molecule has 1 unspecified atom stereocenters. The van der Waals surface area contributed by atoms with Crippen molar-refractivity contribution in [2.45, 2.75) is 64.5 Å². The Morgan fingerprint density at radius 2 is 1.86 bits per heavy atom. The van der Waals surface area contributed by atoms with Gasteiger partial charge in [0.25, 0.3) is 17.7 Å². The number of benzene rings is 3. The fourth-order valence-corrected chi connectivity index (χ4v) is 8.29. The van der Waals surface area contributed by atoms with E-state index in [0.29, 0.717) is 28.7 Å². The van der Waals surface area contributed by atoms with Crippen molar-refractivity contribution in [2.75, 3.05) is 25.0 Å². The second kappa shape index (κ2) is 15.9. The van der Waals surface area contributed by atoms with E-state index >= 15 is 0 Å². The van der Waals surface area contributed by atoms with Gasteiger partial charge < -0.3 is 25.4 Å². The summed E-state index contributed by atoms with van der Waals surface area (Å²) in [5, 5.41) is 19.1. The molecule has 0 radical (unpaired) electrons. The van der Waals surface area contributed by atoms with Crippen LogP contribution in [0.2, 0.25) is 0 Å². The van der Waals surface area contributed by atoms with E-state index in [-0.39, 0.29) is 61.2 Å². The number of amides is 5. The van der Waals surface area contributed by atoms with Gasteiger partial charge in [-0.15, -0.1) is 0 Å². The van der Waals surface area contributed by atoms with Crippen molar-refractivity contribution < 1.29 is 24.0 Å². The Morgan fingerprint density at radius 3 is 2.61 bits per heavy atom. The molecule has 5 amide bonds. The summed E-state index contributed by atoms with van der Waals surface area (Å²) in [5.74, 6) is 4.83. The number of rotatable bonds is 8. The molecule has 1 atom stereocenters. The third-order valence-electron chi connectivity index (χ3n) is 11.3. The smallest absolute Gasteiger partial charge is 0.269 e. The molecule has 1 saturated heterocycles. The van der Waals surface area contributed by atoms with E-state index in [1.54, 1.807) is 43.7 Å². The third-order valence-corrected chi connectivity index (χ3v) is 11.3. The largest absolute Gasteiger partial charge is 0.360 e. The Hall–Kier alpha value is -7.25. The zero-order valence-corrected chi connectivity index (χ0v) is 33.0. The second-order valence-corrected chi connectivity index (χ2v) is 15.3. The van der Waals surface area contributed by atoms with Gasteiger partial charge in [0.2, 0.25) is 11.8 Å². The Balaban J connectivity index is 0.942. The molecule has 3 aromatic carbocycles. The molecule has 0 bridgehead atoms. The zero-order valence-electron chi connectivity index (χ0n) is 33.0. The summed E-state index contributed by atoms with van der Waals surface area (Å²) in [7, 11) is 1.62. The fourth-order valence-electron chi connectivity index (χ4n) is 8.29. The molecule has 13 heteroatoms. The summed E-state index contributed by atoms with van der Waals surface area (Å²) in [6.45, 7) is 5.53. The van der Waals surface area contributed by atoms with Crippen molar-refractivity contribution >= 4 is 51.8 Å². The lowest BCUT2D eigenvalue weighted by Gasteiger charge is -2.33. The van der Waals surface area contributed by atoms with E-state index in [1.807, 2.05) is 18.2 Å². The van der Waals surface area contributed by atoms with Gasteiger partial charge in [0.1, 0.15) is 11.7 Å². The molecule has 5 aromatic rings. The quantitative estimate of drug-likeness (QED) is 0.0892. The number of aryl methyl sites for hydroxylation is 1. The van der Waals surface area contributed by atoms with Gasteiger partial charge in [-0.25, -0.2) is 0 Å². The molecule has 296 valence electrons. The van der Waals surface area contributed by atoms with Crippen LogP contribution in [-0.4, -0.2) is 70.6 Å². The van der Waals surface area contributed by atoms with E-state index < -0.39 is 11.9 Å². The number of imide groups is 1. The number of hydrogen-bond donors (Lipinski definition) is 4. The van der Waals surface area contributed by atoms with Crippen LogP contribution in [0.3, 0.4) is 0 Å². The average molecular weight is 787 g/mol. The first-order chi connectivity index (χ1) is 28.6. The lowest BCUT2D eigenvalue weighted by Crippen LogP contribution is -2.52. The fraction of sp³-hybridized carbons (Fsp3) is 0.283. The number of aromatic amines is 1. The molecule has 13 nitrogen and oxygen atoms in total. The molecule has 2 aromatic heterocycles. The molecule has 59 heavy (non-hydrogen) atoms. The summed E-state index contributed by atoms with van der Waals surface area (Å²) in [5.41, 5.74) is 9.74.